The number of ether oxygens (including phenoxy) is 1. The highest BCUT2D eigenvalue weighted by atomic mass is 35.5. The molecule has 1 atom stereocenters. The van der Waals surface area contributed by atoms with Gasteiger partial charge < -0.3 is 4.74 Å². The second kappa shape index (κ2) is 9.03. The molecular formula is C21H19Cl2NO3S. The van der Waals surface area contributed by atoms with E-state index >= 15 is 0 Å². The third-order valence-electron chi connectivity index (χ3n) is 4.44. The molecule has 2 aromatic rings. The van der Waals surface area contributed by atoms with Crippen LogP contribution >= 0.6 is 35.0 Å². The normalized spacial score (nSPS) is 16.7. The van der Waals surface area contributed by atoms with Gasteiger partial charge in [-0.15, -0.1) is 0 Å². The molecule has 0 N–H and O–H groups in total. The molecule has 0 aromatic heterocycles. The molecule has 0 bridgehead atoms. The predicted octanol–water partition coefficient (Wildman–Crippen LogP) is 6.41. The van der Waals surface area contributed by atoms with Gasteiger partial charge in [-0.3, -0.25) is 14.5 Å². The summed E-state index contributed by atoms with van der Waals surface area (Å²) in [5.41, 5.74) is 1.67. The minimum atomic E-state index is -0.234. The molecule has 0 radical (unpaired) electrons. The summed E-state index contributed by atoms with van der Waals surface area (Å²) < 4.78 is 5.76. The number of carbonyl (C=O) groups is 2. The van der Waals surface area contributed by atoms with Gasteiger partial charge in [0.1, 0.15) is 12.4 Å². The van der Waals surface area contributed by atoms with Crippen molar-refractivity contribution >= 4 is 52.2 Å². The van der Waals surface area contributed by atoms with Crippen LogP contribution < -0.4 is 4.74 Å². The average Bonchev–Trinajstić information content (AvgIpc) is 2.95. The fourth-order valence-corrected chi connectivity index (χ4v) is 4.05. The van der Waals surface area contributed by atoms with Crippen molar-refractivity contribution < 1.29 is 14.3 Å². The summed E-state index contributed by atoms with van der Waals surface area (Å²) in [5.74, 6) is 0.443. The van der Waals surface area contributed by atoms with Gasteiger partial charge >= 0.3 is 0 Å². The van der Waals surface area contributed by atoms with E-state index in [1.807, 2.05) is 44.2 Å². The van der Waals surface area contributed by atoms with E-state index in [0.29, 0.717) is 27.3 Å². The maximum Gasteiger partial charge on any atom is 0.293 e. The molecule has 0 spiro atoms. The zero-order valence-corrected chi connectivity index (χ0v) is 17.8. The van der Waals surface area contributed by atoms with Gasteiger partial charge in [0.2, 0.25) is 0 Å². The van der Waals surface area contributed by atoms with Crippen LogP contribution in [0.15, 0.2) is 47.4 Å². The van der Waals surface area contributed by atoms with Crippen molar-refractivity contribution in [3.05, 3.63) is 68.5 Å². The SMILES string of the molecule is CC[C@@H](C)N1C(=O)S/C(=C/c2ccc(OCc3ccc(Cl)cc3Cl)cc2)C1=O. The molecule has 7 heteroatoms. The molecule has 1 aliphatic heterocycles. The van der Waals surface area contributed by atoms with E-state index in [1.54, 1.807) is 18.2 Å². The first-order valence-electron chi connectivity index (χ1n) is 8.83. The largest absolute Gasteiger partial charge is 0.489 e. The summed E-state index contributed by atoms with van der Waals surface area (Å²) >= 11 is 13.0. The lowest BCUT2D eigenvalue weighted by Gasteiger charge is -2.19. The Labute approximate surface area is 178 Å². The Bertz CT molecular complexity index is 928. The summed E-state index contributed by atoms with van der Waals surface area (Å²) in [6.07, 6.45) is 2.46. The Kier molecular flexibility index (Phi) is 6.70. The molecule has 1 heterocycles. The zero-order valence-electron chi connectivity index (χ0n) is 15.4. The summed E-state index contributed by atoms with van der Waals surface area (Å²) in [5, 5.41) is 0.919. The average molecular weight is 436 g/mol. The van der Waals surface area contributed by atoms with E-state index < -0.39 is 0 Å². The Morgan fingerprint density at radius 2 is 1.86 bits per heavy atom. The monoisotopic (exact) mass is 435 g/mol. The number of nitrogens with zero attached hydrogens (tertiary/aromatic N) is 1. The van der Waals surface area contributed by atoms with Gasteiger partial charge in [0.25, 0.3) is 11.1 Å². The van der Waals surface area contributed by atoms with Gasteiger partial charge in [-0.1, -0.05) is 48.3 Å². The van der Waals surface area contributed by atoms with Crippen LogP contribution in [0.5, 0.6) is 5.75 Å². The van der Waals surface area contributed by atoms with Crippen molar-refractivity contribution in [2.24, 2.45) is 0 Å². The van der Waals surface area contributed by atoms with Crippen LogP contribution in [0.1, 0.15) is 31.4 Å². The van der Waals surface area contributed by atoms with Crippen LogP contribution in [0.2, 0.25) is 10.0 Å². The lowest BCUT2D eigenvalue weighted by Crippen LogP contribution is -2.36. The lowest BCUT2D eigenvalue weighted by atomic mass is 10.2. The number of rotatable bonds is 6. The first-order valence-corrected chi connectivity index (χ1v) is 10.4. The molecule has 0 unspecified atom stereocenters. The van der Waals surface area contributed by atoms with Crippen molar-refractivity contribution in [3.63, 3.8) is 0 Å². The van der Waals surface area contributed by atoms with Gasteiger partial charge in [0, 0.05) is 21.7 Å². The summed E-state index contributed by atoms with van der Waals surface area (Å²) in [6, 6.07) is 12.5. The summed E-state index contributed by atoms with van der Waals surface area (Å²) in [4.78, 5) is 26.3. The number of hydrogen-bond acceptors (Lipinski definition) is 4. The van der Waals surface area contributed by atoms with E-state index in [9.17, 15) is 9.59 Å². The molecule has 2 aromatic carbocycles. The minimum absolute atomic E-state index is 0.103. The number of carbonyl (C=O) groups excluding carboxylic acids is 2. The third-order valence-corrected chi connectivity index (χ3v) is 5.91. The van der Waals surface area contributed by atoms with Crippen LogP contribution in [-0.4, -0.2) is 22.1 Å². The summed E-state index contributed by atoms with van der Waals surface area (Å²) in [6.45, 7) is 4.15. The molecule has 0 saturated carbocycles. The van der Waals surface area contributed by atoms with E-state index in [-0.39, 0.29) is 17.2 Å². The van der Waals surface area contributed by atoms with Crippen LogP contribution in [0.4, 0.5) is 4.79 Å². The minimum Gasteiger partial charge on any atom is -0.489 e. The molecule has 146 valence electrons. The van der Waals surface area contributed by atoms with Crippen LogP contribution in [-0.2, 0) is 11.4 Å². The number of benzene rings is 2. The maximum atomic E-state index is 12.5. The van der Waals surface area contributed by atoms with Gasteiger partial charge in [0.15, 0.2) is 0 Å². The molecule has 1 saturated heterocycles. The number of thioether (sulfide) groups is 1. The molecule has 28 heavy (non-hydrogen) atoms. The van der Waals surface area contributed by atoms with Crippen molar-refractivity contribution in [1.29, 1.82) is 0 Å². The van der Waals surface area contributed by atoms with Gasteiger partial charge in [-0.05, 0) is 61.0 Å². The fraction of sp³-hybridized carbons (Fsp3) is 0.238. The third kappa shape index (κ3) is 4.72. The summed E-state index contributed by atoms with van der Waals surface area (Å²) in [7, 11) is 0. The molecular weight excluding hydrogens is 417 g/mol. The van der Waals surface area contributed by atoms with Crippen LogP contribution in [0.25, 0.3) is 6.08 Å². The Hall–Kier alpha value is -1.95. The molecule has 2 amide bonds. The Morgan fingerprint density at radius 3 is 2.50 bits per heavy atom. The molecule has 3 rings (SSSR count). The number of halogens is 2. The van der Waals surface area contributed by atoms with E-state index in [0.717, 1.165) is 29.3 Å². The highest BCUT2D eigenvalue weighted by molar-refractivity contribution is 8.18. The number of amides is 2. The van der Waals surface area contributed by atoms with Crippen molar-refractivity contribution in [1.82, 2.24) is 4.90 Å². The lowest BCUT2D eigenvalue weighted by molar-refractivity contribution is -0.124. The highest BCUT2D eigenvalue weighted by Crippen LogP contribution is 2.34. The molecule has 0 aliphatic carbocycles. The topological polar surface area (TPSA) is 46.6 Å². The van der Waals surface area contributed by atoms with Crippen LogP contribution in [0, 0.1) is 0 Å². The first-order chi connectivity index (χ1) is 13.4. The molecule has 1 aliphatic rings. The fourth-order valence-electron chi connectivity index (χ4n) is 2.65. The van der Waals surface area contributed by atoms with Gasteiger partial charge in [0.05, 0.1) is 4.91 Å². The standard InChI is InChI=1S/C21H19Cl2NO3S/c1-3-13(2)24-20(25)19(28-21(24)26)10-14-4-8-17(9-5-14)27-12-15-6-7-16(22)11-18(15)23/h4-11,13H,3,12H2,1-2H3/b19-10+/t13-/m1/s1. The van der Waals surface area contributed by atoms with E-state index in [4.69, 9.17) is 27.9 Å². The van der Waals surface area contributed by atoms with Crippen molar-refractivity contribution in [3.8, 4) is 5.75 Å². The predicted molar refractivity (Wildman–Crippen MR) is 115 cm³/mol. The van der Waals surface area contributed by atoms with Crippen LogP contribution in [0.3, 0.4) is 0 Å². The second-order valence-corrected chi connectivity index (χ2v) is 8.24. The Balaban J connectivity index is 1.67. The smallest absolute Gasteiger partial charge is 0.293 e. The number of imide groups is 1. The number of hydrogen-bond donors (Lipinski definition) is 0. The highest BCUT2D eigenvalue weighted by Gasteiger charge is 2.37. The Morgan fingerprint density at radius 1 is 1.14 bits per heavy atom. The van der Waals surface area contributed by atoms with E-state index in [1.165, 1.54) is 4.90 Å². The van der Waals surface area contributed by atoms with Crippen molar-refractivity contribution in [2.75, 3.05) is 0 Å². The first kappa shape index (κ1) is 20.8. The van der Waals surface area contributed by atoms with E-state index in [2.05, 4.69) is 0 Å². The zero-order chi connectivity index (χ0) is 20.3. The quantitative estimate of drug-likeness (QED) is 0.491. The van der Waals surface area contributed by atoms with Gasteiger partial charge in [-0.2, -0.15) is 0 Å². The second-order valence-electron chi connectivity index (χ2n) is 6.40. The van der Waals surface area contributed by atoms with Gasteiger partial charge in [-0.25, -0.2) is 0 Å². The van der Waals surface area contributed by atoms with Crippen molar-refractivity contribution in [2.45, 2.75) is 32.9 Å². The molecule has 1 fully saturated rings. The maximum absolute atomic E-state index is 12.5. The molecule has 4 nitrogen and oxygen atoms in total.